The van der Waals surface area contributed by atoms with Crippen LogP contribution in [0.5, 0.6) is 0 Å². The van der Waals surface area contributed by atoms with Crippen LogP contribution in [0.15, 0.2) is 51.4 Å². The summed E-state index contributed by atoms with van der Waals surface area (Å²) in [4.78, 5) is 14.2. The first kappa shape index (κ1) is 14.2. The summed E-state index contributed by atoms with van der Waals surface area (Å²) in [5.41, 5.74) is 6.25. The summed E-state index contributed by atoms with van der Waals surface area (Å²) >= 11 is 7.81. The van der Waals surface area contributed by atoms with Crippen LogP contribution in [-0.4, -0.2) is 5.91 Å². The molecule has 100 valence electrons. The molecule has 0 heterocycles. The molecule has 0 radical (unpaired) electrons. The molecule has 3 nitrogen and oxygen atoms in total. The van der Waals surface area contributed by atoms with E-state index in [4.69, 9.17) is 0 Å². The van der Waals surface area contributed by atoms with E-state index in [1.54, 1.807) is 0 Å². The molecule has 1 aromatic rings. The third-order valence-corrected chi connectivity index (χ3v) is 3.89. The van der Waals surface area contributed by atoms with E-state index in [1.807, 2.05) is 37.3 Å². The number of quaternary nitrogens is 1. The molecule has 5 heteroatoms. The highest BCUT2D eigenvalue weighted by Crippen LogP contribution is 2.29. The SMILES string of the molecule is CC1CC(S)=C([NH3+])C=C1C(=O)Nc1cccc([SH2+])c1. The fraction of sp³-hybridized carbons (Fsp3) is 0.214. The van der Waals surface area contributed by atoms with Gasteiger partial charge in [-0.3, -0.25) is 4.79 Å². The number of thiol groups is 1. The zero-order valence-electron chi connectivity index (χ0n) is 10.7. The van der Waals surface area contributed by atoms with Crippen molar-refractivity contribution in [2.24, 2.45) is 5.92 Å². The predicted molar refractivity (Wildman–Crippen MR) is 84.3 cm³/mol. The molecule has 1 aliphatic rings. The number of carbonyl (C=O) groups excluding carboxylic acids is 1. The maximum absolute atomic E-state index is 12.3. The molecule has 0 saturated heterocycles. The van der Waals surface area contributed by atoms with Crippen LogP contribution in [0, 0.1) is 5.92 Å². The van der Waals surface area contributed by atoms with Gasteiger partial charge in [0.2, 0.25) is 0 Å². The molecule has 0 bridgehead atoms. The first-order chi connectivity index (χ1) is 8.97. The lowest BCUT2D eigenvalue weighted by molar-refractivity contribution is -0.296. The minimum atomic E-state index is -0.0771. The zero-order valence-corrected chi connectivity index (χ0v) is 12.6. The summed E-state index contributed by atoms with van der Waals surface area (Å²) in [5.74, 6) is 0.0800. The van der Waals surface area contributed by atoms with Gasteiger partial charge in [-0.05, 0) is 37.1 Å². The lowest BCUT2D eigenvalue weighted by Gasteiger charge is -2.19. The van der Waals surface area contributed by atoms with Gasteiger partial charge in [0, 0.05) is 28.3 Å². The lowest BCUT2D eigenvalue weighted by atomic mass is 9.91. The summed E-state index contributed by atoms with van der Waals surface area (Å²) in [6, 6.07) is 7.53. The van der Waals surface area contributed by atoms with E-state index >= 15 is 0 Å². The molecule has 19 heavy (non-hydrogen) atoms. The van der Waals surface area contributed by atoms with E-state index in [0.29, 0.717) is 0 Å². The van der Waals surface area contributed by atoms with Crippen molar-refractivity contribution >= 4 is 36.9 Å². The van der Waals surface area contributed by atoms with Gasteiger partial charge in [-0.1, -0.05) is 13.0 Å². The monoisotopic (exact) mass is 294 g/mol. The smallest absolute Gasteiger partial charge is 0.252 e. The van der Waals surface area contributed by atoms with Crippen LogP contribution in [0.3, 0.4) is 0 Å². The van der Waals surface area contributed by atoms with Crippen molar-refractivity contribution < 1.29 is 10.5 Å². The fourth-order valence-corrected chi connectivity index (χ4v) is 2.62. The topological polar surface area (TPSA) is 56.7 Å². The van der Waals surface area contributed by atoms with Gasteiger partial charge < -0.3 is 11.1 Å². The van der Waals surface area contributed by atoms with E-state index in [0.717, 1.165) is 33.2 Å². The van der Waals surface area contributed by atoms with Crippen molar-refractivity contribution in [3.63, 3.8) is 0 Å². The molecule has 1 amide bonds. The molecular formula is C14H18N2OS2+2. The van der Waals surface area contributed by atoms with Crippen molar-refractivity contribution in [2.75, 3.05) is 5.32 Å². The fourth-order valence-electron chi connectivity index (χ4n) is 2.03. The molecule has 0 saturated carbocycles. The third kappa shape index (κ3) is 3.43. The second-order valence-electron chi connectivity index (χ2n) is 4.71. The van der Waals surface area contributed by atoms with Crippen molar-refractivity contribution in [1.29, 1.82) is 0 Å². The van der Waals surface area contributed by atoms with Crippen molar-refractivity contribution in [1.82, 2.24) is 0 Å². The molecule has 0 aromatic heterocycles. The first-order valence-electron chi connectivity index (χ1n) is 6.06. The average Bonchev–Trinajstić information content (AvgIpc) is 2.33. The van der Waals surface area contributed by atoms with Crippen LogP contribution in [0.4, 0.5) is 5.69 Å². The quantitative estimate of drug-likeness (QED) is 0.559. The van der Waals surface area contributed by atoms with E-state index in [1.165, 1.54) is 0 Å². The Bertz CT molecular complexity index is 579. The highest BCUT2D eigenvalue weighted by molar-refractivity contribution is 7.84. The van der Waals surface area contributed by atoms with Crippen LogP contribution in [-0.2, 0) is 17.4 Å². The van der Waals surface area contributed by atoms with Crippen LogP contribution >= 0.6 is 12.6 Å². The van der Waals surface area contributed by atoms with E-state index in [2.05, 4.69) is 36.3 Å². The minimum Gasteiger partial charge on any atom is -0.325 e. The Kier molecular flexibility index (Phi) is 4.39. The Morgan fingerprint density at radius 1 is 1.53 bits per heavy atom. The van der Waals surface area contributed by atoms with Crippen molar-refractivity contribution in [2.45, 2.75) is 18.2 Å². The van der Waals surface area contributed by atoms with Crippen LogP contribution in [0.25, 0.3) is 0 Å². The number of hydrogen-bond donors (Lipinski definition) is 3. The predicted octanol–water partition coefficient (Wildman–Crippen LogP) is 1.34. The molecule has 1 aromatic carbocycles. The van der Waals surface area contributed by atoms with Gasteiger partial charge in [0.05, 0.1) is 0 Å². The molecule has 1 aliphatic carbocycles. The molecular weight excluding hydrogens is 276 g/mol. The molecule has 1 atom stereocenters. The summed E-state index contributed by atoms with van der Waals surface area (Å²) in [6.45, 7) is 2.02. The number of benzene rings is 1. The second kappa shape index (κ2) is 5.86. The Balaban J connectivity index is 2.19. The van der Waals surface area contributed by atoms with Crippen LogP contribution in [0.1, 0.15) is 13.3 Å². The van der Waals surface area contributed by atoms with E-state index in [9.17, 15) is 4.79 Å². The lowest BCUT2D eigenvalue weighted by Crippen LogP contribution is -2.48. The Morgan fingerprint density at radius 2 is 2.26 bits per heavy atom. The summed E-state index contributed by atoms with van der Waals surface area (Å²) < 4.78 is 0. The summed E-state index contributed by atoms with van der Waals surface area (Å²) in [7, 11) is 0. The second-order valence-corrected chi connectivity index (χ2v) is 5.83. The number of hydrogen-bond acceptors (Lipinski definition) is 2. The largest absolute Gasteiger partial charge is 0.325 e. The highest BCUT2D eigenvalue weighted by atomic mass is 32.1. The molecule has 4 N–H and O–H groups in total. The number of amides is 1. The zero-order chi connectivity index (χ0) is 14.0. The average molecular weight is 294 g/mol. The van der Waals surface area contributed by atoms with E-state index in [-0.39, 0.29) is 11.8 Å². The number of anilines is 1. The minimum absolute atomic E-state index is 0.0771. The Morgan fingerprint density at radius 3 is 2.95 bits per heavy atom. The van der Waals surface area contributed by atoms with Crippen molar-refractivity contribution in [3.05, 3.63) is 46.5 Å². The maximum atomic E-state index is 12.3. The standard InChI is InChI=1S/C14H16N2OS2/c1-8-5-13(19)12(15)7-11(8)14(17)16-9-3-2-4-10(18)6-9/h2-4,6-8,18-19H,5,15H2,1H3,(H,16,17)/p+2. The number of nitrogens with one attached hydrogen (secondary N) is 1. The molecule has 0 fully saturated rings. The molecule has 2 rings (SSSR count). The molecule has 1 unspecified atom stereocenters. The number of carbonyl (C=O) groups is 1. The van der Waals surface area contributed by atoms with Gasteiger partial charge in [-0.2, -0.15) is 0 Å². The van der Waals surface area contributed by atoms with Gasteiger partial charge in [0.15, 0.2) is 4.90 Å². The normalized spacial score (nSPS) is 19.2. The van der Waals surface area contributed by atoms with Gasteiger partial charge in [-0.25, -0.2) is 0 Å². The third-order valence-electron chi connectivity index (χ3n) is 3.11. The van der Waals surface area contributed by atoms with E-state index < -0.39 is 0 Å². The van der Waals surface area contributed by atoms with Gasteiger partial charge >= 0.3 is 0 Å². The first-order valence-corrected chi connectivity index (χ1v) is 7.01. The Labute approximate surface area is 123 Å². The van der Waals surface area contributed by atoms with Crippen LogP contribution in [0.2, 0.25) is 0 Å². The number of rotatable bonds is 2. The highest BCUT2D eigenvalue weighted by Gasteiger charge is 2.24. The van der Waals surface area contributed by atoms with Gasteiger partial charge in [0.25, 0.3) is 5.91 Å². The van der Waals surface area contributed by atoms with Crippen LogP contribution < -0.4 is 11.1 Å². The van der Waals surface area contributed by atoms with Gasteiger partial charge in [0.1, 0.15) is 5.70 Å². The number of allylic oxidation sites excluding steroid dienone is 2. The Hall–Kier alpha value is -1.17. The molecule has 0 aliphatic heterocycles. The summed E-state index contributed by atoms with van der Waals surface area (Å²) in [6.07, 6.45) is 2.59. The molecule has 0 spiro atoms. The summed E-state index contributed by atoms with van der Waals surface area (Å²) in [5, 5.41) is 2.90. The maximum Gasteiger partial charge on any atom is 0.252 e. The van der Waals surface area contributed by atoms with Gasteiger partial charge in [-0.15, -0.1) is 12.6 Å². The van der Waals surface area contributed by atoms with Crippen molar-refractivity contribution in [3.8, 4) is 0 Å².